The highest BCUT2D eigenvalue weighted by Crippen LogP contribution is 2.21. The number of hydrogen-bond donors (Lipinski definition) is 1. The molecule has 1 N–H and O–H groups in total. The molecular weight excluding hydrogens is 362 g/mol. The number of ether oxygens (including phenoxy) is 1. The number of amides is 1. The fraction of sp³-hybridized carbons (Fsp3) is 0.250. The Bertz CT molecular complexity index is 976. The summed E-state index contributed by atoms with van der Waals surface area (Å²) in [6, 6.07) is 20.4. The zero-order chi connectivity index (χ0) is 19.9. The van der Waals surface area contributed by atoms with E-state index < -0.39 is 0 Å². The van der Waals surface area contributed by atoms with Gasteiger partial charge in [-0.05, 0) is 17.7 Å². The number of para-hydroxylation sites is 1. The molecule has 1 saturated heterocycles. The topological polar surface area (TPSA) is 54.5 Å². The molecule has 1 unspecified atom stereocenters. The van der Waals surface area contributed by atoms with E-state index in [0.717, 1.165) is 42.8 Å². The summed E-state index contributed by atoms with van der Waals surface area (Å²) >= 11 is 0. The second kappa shape index (κ2) is 9.45. The van der Waals surface area contributed by atoms with Gasteiger partial charge in [0.05, 0.1) is 24.8 Å². The number of carbonyl (C=O) groups is 1. The summed E-state index contributed by atoms with van der Waals surface area (Å²) in [6.07, 6.45) is 5.19. The minimum Gasteiger partial charge on any atom is -0.379 e. The molecule has 1 aliphatic rings. The van der Waals surface area contributed by atoms with Crippen LogP contribution in [-0.2, 0) is 9.53 Å². The maximum Gasteiger partial charge on any atom is 0.244 e. The number of hydrogen-bond acceptors (Lipinski definition) is 4. The molecule has 2 heterocycles. The Balaban J connectivity index is 1.44. The molecule has 3 aromatic rings. The zero-order valence-corrected chi connectivity index (χ0v) is 16.3. The first-order chi connectivity index (χ1) is 14.3. The van der Waals surface area contributed by atoms with Gasteiger partial charge in [-0.2, -0.15) is 0 Å². The van der Waals surface area contributed by atoms with Gasteiger partial charge >= 0.3 is 0 Å². The molecule has 5 heteroatoms. The normalized spacial score (nSPS) is 16.1. The molecule has 1 atom stereocenters. The van der Waals surface area contributed by atoms with Crippen molar-refractivity contribution in [3.8, 4) is 0 Å². The van der Waals surface area contributed by atoms with Crippen molar-refractivity contribution >= 4 is 22.9 Å². The zero-order valence-electron chi connectivity index (χ0n) is 16.3. The second-order valence-electron chi connectivity index (χ2n) is 7.08. The Kier molecular flexibility index (Phi) is 6.29. The third-order valence-electron chi connectivity index (χ3n) is 5.22. The standard InChI is InChI=1S/C24H25N3O2/c28-23(12-11-21-9-4-8-20-10-5-13-25-24(20)21)26-18-22(19-6-2-1-3-7-19)27-14-16-29-17-15-27/h1-13,22H,14-18H2,(H,26,28)/b12-11+. The number of nitrogens with zero attached hydrogens (tertiary/aromatic N) is 2. The number of carbonyl (C=O) groups excluding carboxylic acids is 1. The van der Waals surface area contributed by atoms with E-state index in [1.165, 1.54) is 5.56 Å². The van der Waals surface area contributed by atoms with Crippen LogP contribution in [0.25, 0.3) is 17.0 Å². The van der Waals surface area contributed by atoms with Gasteiger partial charge in [0.1, 0.15) is 0 Å². The Morgan fingerprint density at radius 1 is 1.07 bits per heavy atom. The maximum absolute atomic E-state index is 12.5. The summed E-state index contributed by atoms with van der Waals surface area (Å²) < 4.78 is 5.49. The average molecular weight is 387 g/mol. The van der Waals surface area contributed by atoms with Crippen LogP contribution in [0.3, 0.4) is 0 Å². The number of pyridine rings is 1. The Hall–Kier alpha value is -3.02. The number of benzene rings is 2. The lowest BCUT2D eigenvalue weighted by Crippen LogP contribution is -2.43. The van der Waals surface area contributed by atoms with Crippen LogP contribution in [0.1, 0.15) is 17.2 Å². The molecule has 2 aromatic carbocycles. The Morgan fingerprint density at radius 3 is 2.69 bits per heavy atom. The molecule has 0 bridgehead atoms. The minimum absolute atomic E-state index is 0.105. The van der Waals surface area contributed by atoms with Gasteiger partial charge in [0.2, 0.25) is 5.91 Å². The summed E-state index contributed by atoms with van der Waals surface area (Å²) in [4.78, 5) is 19.3. The smallest absolute Gasteiger partial charge is 0.244 e. The van der Waals surface area contributed by atoms with Crippen LogP contribution in [-0.4, -0.2) is 48.6 Å². The van der Waals surface area contributed by atoms with E-state index in [4.69, 9.17) is 4.74 Å². The largest absolute Gasteiger partial charge is 0.379 e. The molecule has 1 aliphatic heterocycles. The lowest BCUT2D eigenvalue weighted by molar-refractivity contribution is -0.116. The van der Waals surface area contributed by atoms with Gasteiger partial charge in [-0.3, -0.25) is 14.7 Å². The summed E-state index contributed by atoms with van der Waals surface area (Å²) in [6.45, 7) is 3.75. The highest BCUT2D eigenvalue weighted by atomic mass is 16.5. The summed E-state index contributed by atoms with van der Waals surface area (Å²) in [5.41, 5.74) is 3.04. The predicted octanol–water partition coefficient (Wildman–Crippen LogP) is 3.44. The number of morpholine rings is 1. The van der Waals surface area contributed by atoms with Crippen LogP contribution < -0.4 is 5.32 Å². The van der Waals surface area contributed by atoms with Gasteiger partial charge in [-0.25, -0.2) is 0 Å². The van der Waals surface area contributed by atoms with Gasteiger partial charge in [-0.1, -0.05) is 54.6 Å². The molecule has 1 fully saturated rings. The van der Waals surface area contributed by atoms with Gasteiger partial charge in [0, 0.05) is 42.9 Å². The highest BCUT2D eigenvalue weighted by Gasteiger charge is 2.22. The number of rotatable bonds is 6. The van der Waals surface area contributed by atoms with Crippen LogP contribution >= 0.6 is 0 Å². The molecule has 0 aliphatic carbocycles. The molecule has 0 saturated carbocycles. The number of aromatic nitrogens is 1. The summed E-state index contributed by atoms with van der Waals surface area (Å²) in [5.74, 6) is -0.105. The van der Waals surface area contributed by atoms with Crippen molar-refractivity contribution in [3.05, 3.63) is 84.1 Å². The van der Waals surface area contributed by atoms with Crippen molar-refractivity contribution in [3.63, 3.8) is 0 Å². The van der Waals surface area contributed by atoms with E-state index in [0.29, 0.717) is 6.54 Å². The van der Waals surface area contributed by atoms with Crippen molar-refractivity contribution in [1.29, 1.82) is 0 Å². The quantitative estimate of drug-likeness (QED) is 0.659. The van der Waals surface area contributed by atoms with Crippen LogP contribution in [0.5, 0.6) is 0 Å². The SMILES string of the molecule is O=C(/C=C/c1cccc2cccnc12)NCC(c1ccccc1)N1CCOCC1. The van der Waals surface area contributed by atoms with E-state index in [2.05, 4.69) is 27.3 Å². The van der Waals surface area contributed by atoms with Crippen molar-refractivity contribution in [2.24, 2.45) is 0 Å². The summed E-state index contributed by atoms with van der Waals surface area (Å²) in [5, 5.41) is 4.13. The monoisotopic (exact) mass is 387 g/mol. The molecule has 5 nitrogen and oxygen atoms in total. The number of fused-ring (bicyclic) bond motifs is 1. The molecule has 1 aromatic heterocycles. The Labute approximate surface area is 171 Å². The lowest BCUT2D eigenvalue weighted by Gasteiger charge is -2.34. The highest BCUT2D eigenvalue weighted by molar-refractivity contribution is 5.95. The minimum atomic E-state index is -0.105. The van der Waals surface area contributed by atoms with Crippen LogP contribution in [0, 0.1) is 0 Å². The third kappa shape index (κ3) is 4.88. The van der Waals surface area contributed by atoms with Gasteiger partial charge < -0.3 is 10.1 Å². The van der Waals surface area contributed by atoms with Crippen molar-refractivity contribution in [1.82, 2.24) is 15.2 Å². The fourth-order valence-corrected chi connectivity index (χ4v) is 3.71. The fourth-order valence-electron chi connectivity index (χ4n) is 3.71. The molecule has 1 amide bonds. The van der Waals surface area contributed by atoms with Crippen molar-refractivity contribution in [2.45, 2.75) is 6.04 Å². The predicted molar refractivity (Wildman–Crippen MR) is 115 cm³/mol. The van der Waals surface area contributed by atoms with Gasteiger partial charge in [-0.15, -0.1) is 0 Å². The first-order valence-electron chi connectivity index (χ1n) is 9.98. The van der Waals surface area contributed by atoms with Crippen molar-refractivity contribution in [2.75, 3.05) is 32.8 Å². The van der Waals surface area contributed by atoms with Gasteiger partial charge in [0.15, 0.2) is 0 Å². The third-order valence-corrected chi connectivity index (χ3v) is 5.22. The molecular formula is C24H25N3O2. The second-order valence-corrected chi connectivity index (χ2v) is 7.08. The van der Waals surface area contributed by atoms with E-state index in [-0.39, 0.29) is 11.9 Å². The summed E-state index contributed by atoms with van der Waals surface area (Å²) in [7, 11) is 0. The van der Waals surface area contributed by atoms with E-state index in [1.54, 1.807) is 12.3 Å². The lowest BCUT2D eigenvalue weighted by atomic mass is 10.0. The van der Waals surface area contributed by atoms with Crippen molar-refractivity contribution < 1.29 is 9.53 Å². The molecule has 148 valence electrons. The maximum atomic E-state index is 12.5. The number of nitrogens with one attached hydrogen (secondary N) is 1. The van der Waals surface area contributed by atoms with Crippen LogP contribution in [0.15, 0.2) is 72.9 Å². The van der Waals surface area contributed by atoms with Crippen LogP contribution in [0.2, 0.25) is 0 Å². The van der Waals surface area contributed by atoms with E-state index in [9.17, 15) is 4.79 Å². The molecule has 0 spiro atoms. The Morgan fingerprint density at radius 2 is 1.86 bits per heavy atom. The molecule has 29 heavy (non-hydrogen) atoms. The molecule has 4 rings (SSSR count). The first kappa shape index (κ1) is 19.3. The first-order valence-corrected chi connectivity index (χ1v) is 9.98. The molecule has 0 radical (unpaired) electrons. The van der Waals surface area contributed by atoms with E-state index >= 15 is 0 Å². The van der Waals surface area contributed by atoms with Gasteiger partial charge in [0.25, 0.3) is 0 Å². The van der Waals surface area contributed by atoms with Crippen LogP contribution in [0.4, 0.5) is 0 Å². The average Bonchev–Trinajstić information content (AvgIpc) is 2.79. The van der Waals surface area contributed by atoms with E-state index in [1.807, 2.05) is 54.6 Å².